The van der Waals surface area contributed by atoms with Crippen LogP contribution in [0.25, 0.3) is 10.9 Å². The highest BCUT2D eigenvalue weighted by molar-refractivity contribution is 7.99. The average Bonchev–Trinajstić information content (AvgIpc) is 2.58. The SMILES string of the molecule is COc1cccc2c(C)cc(SCC(=O)Nc3cc(Cl)cc(Cl)c3)nc12. The second kappa shape index (κ2) is 8.16. The number of thioether (sulfide) groups is 1. The number of amides is 1. The molecule has 2 aromatic carbocycles. The standard InChI is InChI=1S/C19H16Cl2N2O2S/c1-11-6-18(23-19-15(11)4-3-5-16(19)25-2)26-10-17(24)22-14-8-12(20)7-13(21)9-14/h3-9H,10H2,1-2H3,(H,22,24). The highest BCUT2D eigenvalue weighted by atomic mass is 35.5. The zero-order chi connectivity index (χ0) is 18.7. The van der Waals surface area contributed by atoms with Gasteiger partial charge in [0.05, 0.1) is 17.9 Å². The van der Waals surface area contributed by atoms with Crippen LogP contribution in [0.2, 0.25) is 10.0 Å². The Labute approximate surface area is 165 Å². The number of para-hydroxylation sites is 1. The third kappa shape index (κ3) is 4.41. The number of aryl methyl sites for hydroxylation is 1. The summed E-state index contributed by atoms with van der Waals surface area (Å²) in [7, 11) is 1.62. The minimum Gasteiger partial charge on any atom is -0.494 e. The van der Waals surface area contributed by atoms with E-state index in [2.05, 4.69) is 10.3 Å². The van der Waals surface area contributed by atoms with Crippen molar-refractivity contribution in [3.8, 4) is 5.75 Å². The molecule has 0 bridgehead atoms. The summed E-state index contributed by atoms with van der Waals surface area (Å²) in [6.07, 6.45) is 0. The molecule has 3 aromatic rings. The molecule has 3 rings (SSSR count). The third-order valence-electron chi connectivity index (χ3n) is 3.70. The molecule has 7 heteroatoms. The molecule has 1 N–H and O–H groups in total. The van der Waals surface area contributed by atoms with Crippen LogP contribution >= 0.6 is 35.0 Å². The number of hydrogen-bond donors (Lipinski definition) is 1. The number of rotatable bonds is 5. The third-order valence-corrected chi connectivity index (χ3v) is 5.05. The van der Waals surface area contributed by atoms with Crippen LogP contribution in [0.4, 0.5) is 5.69 Å². The first-order valence-electron chi connectivity index (χ1n) is 7.79. The molecule has 26 heavy (non-hydrogen) atoms. The molecule has 0 saturated carbocycles. The van der Waals surface area contributed by atoms with E-state index >= 15 is 0 Å². The number of anilines is 1. The fourth-order valence-corrected chi connectivity index (χ4v) is 3.86. The molecule has 0 aliphatic rings. The van der Waals surface area contributed by atoms with Crippen LogP contribution in [0.15, 0.2) is 47.5 Å². The fraction of sp³-hybridized carbons (Fsp3) is 0.158. The van der Waals surface area contributed by atoms with Crippen LogP contribution in [-0.2, 0) is 4.79 Å². The van der Waals surface area contributed by atoms with Crippen LogP contribution in [0.3, 0.4) is 0 Å². The monoisotopic (exact) mass is 406 g/mol. The topological polar surface area (TPSA) is 51.2 Å². The summed E-state index contributed by atoms with van der Waals surface area (Å²) < 4.78 is 5.39. The van der Waals surface area contributed by atoms with Gasteiger partial charge < -0.3 is 10.1 Å². The van der Waals surface area contributed by atoms with Crippen molar-refractivity contribution in [1.29, 1.82) is 0 Å². The number of nitrogens with zero attached hydrogens (tertiary/aromatic N) is 1. The number of methoxy groups -OCH3 is 1. The van der Waals surface area contributed by atoms with E-state index in [9.17, 15) is 4.79 Å². The van der Waals surface area contributed by atoms with E-state index in [4.69, 9.17) is 27.9 Å². The summed E-state index contributed by atoms with van der Waals surface area (Å²) in [5, 5.41) is 5.53. The molecule has 0 radical (unpaired) electrons. The summed E-state index contributed by atoms with van der Waals surface area (Å²) in [6.45, 7) is 2.02. The minimum absolute atomic E-state index is 0.159. The molecule has 0 aliphatic carbocycles. The Bertz CT molecular complexity index is 959. The van der Waals surface area contributed by atoms with Crippen molar-refractivity contribution in [3.05, 3.63) is 58.1 Å². The average molecular weight is 407 g/mol. The lowest BCUT2D eigenvalue weighted by molar-refractivity contribution is -0.113. The number of aromatic nitrogens is 1. The van der Waals surface area contributed by atoms with Gasteiger partial charge in [0.15, 0.2) is 0 Å². The molecule has 134 valence electrons. The molecule has 4 nitrogen and oxygen atoms in total. The van der Waals surface area contributed by atoms with Crippen LogP contribution < -0.4 is 10.1 Å². The predicted octanol–water partition coefficient (Wildman–Crippen LogP) is 5.59. The van der Waals surface area contributed by atoms with Gasteiger partial charge in [-0.15, -0.1) is 0 Å². The van der Waals surface area contributed by atoms with Gasteiger partial charge in [-0.25, -0.2) is 4.98 Å². The van der Waals surface area contributed by atoms with Crippen molar-refractivity contribution in [2.24, 2.45) is 0 Å². The summed E-state index contributed by atoms with van der Waals surface area (Å²) in [6, 6.07) is 12.7. The maximum Gasteiger partial charge on any atom is 0.234 e. The molecule has 0 atom stereocenters. The normalized spacial score (nSPS) is 10.8. The lowest BCUT2D eigenvalue weighted by Gasteiger charge is -2.10. The summed E-state index contributed by atoms with van der Waals surface area (Å²) in [5.74, 6) is 0.774. The molecule has 0 unspecified atom stereocenters. The van der Waals surface area contributed by atoms with E-state index in [0.717, 1.165) is 21.5 Å². The number of pyridine rings is 1. The van der Waals surface area contributed by atoms with Crippen molar-refractivity contribution in [3.63, 3.8) is 0 Å². The van der Waals surface area contributed by atoms with Gasteiger partial charge in [0.25, 0.3) is 0 Å². The summed E-state index contributed by atoms with van der Waals surface area (Å²) in [5.41, 5.74) is 2.44. The first-order chi connectivity index (χ1) is 12.5. The van der Waals surface area contributed by atoms with Gasteiger partial charge in [-0.1, -0.05) is 47.1 Å². The molecule has 1 amide bonds. The van der Waals surface area contributed by atoms with Crippen molar-refractivity contribution in [2.45, 2.75) is 11.9 Å². The first-order valence-corrected chi connectivity index (χ1v) is 9.53. The van der Waals surface area contributed by atoms with Crippen LogP contribution in [-0.4, -0.2) is 23.8 Å². The fourth-order valence-electron chi connectivity index (χ4n) is 2.56. The van der Waals surface area contributed by atoms with Crippen LogP contribution in [0, 0.1) is 6.92 Å². The van der Waals surface area contributed by atoms with E-state index in [-0.39, 0.29) is 11.7 Å². The number of fused-ring (bicyclic) bond motifs is 1. The maximum absolute atomic E-state index is 12.2. The second-order valence-corrected chi connectivity index (χ2v) is 7.50. The lowest BCUT2D eigenvalue weighted by Crippen LogP contribution is -2.14. The Hall–Kier alpha value is -1.95. The number of carbonyl (C=O) groups is 1. The Morgan fingerprint density at radius 1 is 1.19 bits per heavy atom. The van der Waals surface area contributed by atoms with E-state index in [0.29, 0.717) is 21.5 Å². The Morgan fingerprint density at radius 2 is 1.92 bits per heavy atom. The van der Waals surface area contributed by atoms with Gasteiger partial charge in [0.2, 0.25) is 5.91 Å². The number of ether oxygens (including phenoxy) is 1. The number of nitrogens with one attached hydrogen (secondary N) is 1. The van der Waals surface area contributed by atoms with Crippen molar-refractivity contribution in [1.82, 2.24) is 4.98 Å². The van der Waals surface area contributed by atoms with Crippen molar-refractivity contribution < 1.29 is 9.53 Å². The van der Waals surface area contributed by atoms with Gasteiger partial charge in [0, 0.05) is 21.1 Å². The van der Waals surface area contributed by atoms with Crippen LogP contribution in [0.1, 0.15) is 5.56 Å². The molecular weight excluding hydrogens is 391 g/mol. The highest BCUT2D eigenvalue weighted by Gasteiger charge is 2.10. The quantitative estimate of drug-likeness (QED) is 0.561. The van der Waals surface area contributed by atoms with Crippen molar-refractivity contribution >= 4 is 57.5 Å². The highest BCUT2D eigenvalue weighted by Crippen LogP contribution is 2.29. The first kappa shape index (κ1) is 18.8. The maximum atomic E-state index is 12.2. The Balaban J connectivity index is 1.74. The zero-order valence-corrected chi connectivity index (χ0v) is 16.5. The molecular formula is C19H16Cl2N2O2S. The Kier molecular flexibility index (Phi) is 5.91. The van der Waals surface area contributed by atoms with E-state index in [1.807, 2.05) is 31.2 Å². The van der Waals surface area contributed by atoms with Gasteiger partial charge in [-0.3, -0.25) is 4.79 Å². The number of hydrogen-bond acceptors (Lipinski definition) is 4. The molecule has 1 heterocycles. The smallest absolute Gasteiger partial charge is 0.234 e. The van der Waals surface area contributed by atoms with Gasteiger partial charge >= 0.3 is 0 Å². The van der Waals surface area contributed by atoms with E-state index < -0.39 is 0 Å². The number of halogens is 2. The molecule has 0 saturated heterocycles. The number of benzene rings is 2. The molecule has 0 spiro atoms. The van der Waals surface area contributed by atoms with Gasteiger partial charge in [0.1, 0.15) is 11.3 Å². The van der Waals surface area contributed by atoms with Gasteiger partial charge in [-0.05, 0) is 42.8 Å². The largest absolute Gasteiger partial charge is 0.494 e. The molecule has 0 aliphatic heterocycles. The predicted molar refractivity (Wildman–Crippen MR) is 109 cm³/mol. The second-order valence-electron chi connectivity index (χ2n) is 5.63. The summed E-state index contributed by atoms with van der Waals surface area (Å²) >= 11 is 13.3. The molecule has 0 fully saturated rings. The van der Waals surface area contributed by atoms with Gasteiger partial charge in [-0.2, -0.15) is 0 Å². The van der Waals surface area contributed by atoms with Crippen LogP contribution in [0.5, 0.6) is 5.75 Å². The number of carbonyl (C=O) groups excluding carboxylic acids is 1. The van der Waals surface area contributed by atoms with Crippen molar-refractivity contribution in [2.75, 3.05) is 18.2 Å². The van der Waals surface area contributed by atoms with E-state index in [1.54, 1.807) is 25.3 Å². The lowest BCUT2D eigenvalue weighted by atomic mass is 10.1. The Morgan fingerprint density at radius 3 is 2.62 bits per heavy atom. The van der Waals surface area contributed by atoms with E-state index in [1.165, 1.54) is 11.8 Å². The zero-order valence-electron chi connectivity index (χ0n) is 14.2. The summed E-state index contributed by atoms with van der Waals surface area (Å²) in [4.78, 5) is 16.8. The minimum atomic E-state index is -0.159. The molecule has 1 aromatic heterocycles.